The minimum atomic E-state index is 0.772. The lowest BCUT2D eigenvalue weighted by atomic mass is 10.1. The third kappa shape index (κ3) is 5.05. The van der Waals surface area contributed by atoms with Crippen LogP contribution in [0.5, 0.6) is 0 Å². The van der Waals surface area contributed by atoms with E-state index in [-0.39, 0.29) is 0 Å². The molecule has 0 spiro atoms. The molecule has 4 rings (SSSR count). The van der Waals surface area contributed by atoms with Gasteiger partial charge in [0.15, 0.2) is 5.65 Å². The van der Waals surface area contributed by atoms with Gasteiger partial charge < -0.3 is 4.57 Å². The summed E-state index contributed by atoms with van der Waals surface area (Å²) in [6.07, 6.45) is 11.2. The van der Waals surface area contributed by atoms with Gasteiger partial charge in [0.25, 0.3) is 0 Å². The van der Waals surface area contributed by atoms with Crippen molar-refractivity contribution in [3.05, 3.63) is 72.2 Å². The molecule has 0 aliphatic rings. The fourth-order valence-electron chi connectivity index (χ4n) is 2.91. The Kier molecular flexibility index (Phi) is 8.34. The summed E-state index contributed by atoms with van der Waals surface area (Å²) in [6, 6.07) is 8.50. The monoisotopic (exact) mass is 395 g/mol. The van der Waals surface area contributed by atoms with Gasteiger partial charge in [0.2, 0.25) is 0 Å². The second-order valence-corrected chi connectivity index (χ2v) is 6.99. The minimum absolute atomic E-state index is 0.772. The molecule has 3 heterocycles. The summed E-state index contributed by atoms with van der Waals surface area (Å²) >= 11 is 0. The molecular formula is C22H30N5P. The number of aryl methyl sites for hydroxylation is 2. The number of imidazole rings is 2. The molecule has 4 aromatic rings. The molecule has 148 valence electrons. The van der Waals surface area contributed by atoms with Crippen LogP contribution in [0.3, 0.4) is 0 Å². The average Bonchev–Trinajstić information content (AvgIpc) is 3.30. The summed E-state index contributed by atoms with van der Waals surface area (Å²) in [7, 11) is 4.56. The van der Waals surface area contributed by atoms with Gasteiger partial charge in [0.05, 0.1) is 35.8 Å². The Bertz CT molecular complexity index is 1000. The first-order chi connectivity index (χ1) is 13.6. The molecule has 1 unspecified atom stereocenters. The molecule has 28 heavy (non-hydrogen) atoms. The average molecular weight is 395 g/mol. The number of rotatable bonds is 3. The molecule has 6 heteroatoms. The summed E-state index contributed by atoms with van der Waals surface area (Å²) < 4.78 is 4.07. The van der Waals surface area contributed by atoms with Crippen LogP contribution in [0.25, 0.3) is 17.0 Å². The molecule has 0 saturated carbocycles. The van der Waals surface area contributed by atoms with E-state index in [9.17, 15) is 0 Å². The number of nitrogens with zero attached hydrogens (tertiary/aromatic N) is 5. The number of hydrogen-bond donors (Lipinski definition) is 0. The molecule has 3 aromatic heterocycles. The van der Waals surface area contributed by atoms with Crippen LogP contribution in [0.1, 0.15) is 37.6 Å². The summed E-state index contributed by atoms with van der Waals surface area (Å²) in [5.74, 6) is 0. The first kappa shape index (κ1) is 21.8. The van der Waals surface area contributed by atoms with E-state index in [1.54, 1.807) is 6.33 Å². The van der Waals surface area contributed by atoms with Crippen molar-refractivity contribution in [1.29, 1.82) is 0 Å². The molecule has 1 atom stereocenters. The summed E-state index contributed by atoms with van der Waals surface area (Å²) in [4.78, 5) is 13.3. The first-order valence-electron chi connectivity index (χ1n) is 9.67. The maximum Gasteiger partial charge on any atom is 0.159 e. The zero-order chi connectivity index (χ0) is 20.5. The quantitative estimate of drug-likeness (QED) is 0.462. The van der Waals surface area contributed by atoms with Crippen molar-refractivity contribution < 1.29 is 0 Å². The van der Waals surface area contributed by atoms with Crippen LogP contribution >= 0.6 is 9.24 Å². The molecule has 5 nitrogen and oxygen atoms in total. The van der Waals surface area contributed by atoms with Crippen molar-refractivity contribution in [3.63, 3.8) is 0 Å². The number of aromatic nitrogens is 5. The van der Waals surface area contributed by atoms with E-state index in [0.717, 1.165) is 29.1 Å². The molecule has 1 aromatic carbocycles. The summed E-state index contributed by atoms with van der Waals surface area (Å²) in [5.41, 5.74) is 6.43. The van der Waals surface area contributed by atoms with Crippen molar-refractivity contribution in [2.75, 3.05) is 6.16 Å². The lowest BCUT2D eigenvalue weighted by Gasteiger charge is -2.06. The number of fused-ring (bicyclic) bond motifs is 1. The van der Waals surface area contributed by atoms with Gasteiger partial charge in [0, 0.05) is 25.9 Å². The van der Waals surface area contributed by atoms with Crippen LogP contribution in [-0.4, -0.2) is 30.1 Å². The molecule has 0 saturated heterocycles. The Balaban J connectivity index is 0.000000514. The second kappa shape index (κ2) is 10.7. The lowest BCUT2D eigenvalue weighted by molar-refractivity contribution is 0.912. The maximum absolute atomic E-state index is 4.59. The Morgan fingerprint density at radius 3 is 2.46 bits per heavy atom. The van der Waals surface area contributed by atoms with E-state index >= 15 is 0 Å². The predicted octanol–water partition coefficient (Wildman–Crippen LogP) is 4.94. The van der Waals surface area contributed by atoms with Crippen LogP contribution < -0.4 is 0 Å². The highest BCUT2D eigenvalue weighted by Crippen LogP contribution is 2.22. The van der Waals surface area contributed by atoms with Crippen LogP contribution in [0.2, 0.25) is 0 Å². The molecule has 0 fully saturated rings. The normalized spacial score (nSPS) is 10.1. The largest absolute Gasteiger partial charge is 0.332 e. The molecule has 0 radical (unpaired) electrons. The molecule has 0 aliphatic carbocycles. The second-order valence-electron chi connectivity index (χ2n) is 6.17. The van der Waals surface area contributed by atoms with E-state index in [1.165, 1.54) is 17.3 Å². The Hall–Kier alpha value is -2.52. The predicted molar refractivity (Wildman–Crippen MR) is 121 cm³/mol. The van der Waals surface area contributed by atoms with Gasteiger partial charge in [-0.05, 0) is 18.6 Å². The fourth-order valence-corrected chi connectivity index (χ4v) is 2.91. The van der Waals surface area contributed by atoms with Crippen LogP contribution in [0.4, 0.5) is 0 Å². The SMILES string of the molecule is CC.CCP.Cc1cccc(Cc2nccn3c(-c4cncn4C)cnc23)c1. The zero-order valence-electron chi connectivity index (χ0n) is 17.4. The standard InChI is InChI=1S/C18H17N5.C2H7P.C2H6/c1-13-4-3-5-14(8-13)9-15-18-21-11-17(23(18)7-6-20-15)16-10-19-12-22(16)2;1-2-3;1-2/h3-8,10-12H,9H2,1-2H3;2-3H2,1H3;1-2H3. The fraction of sp³-hybridized carbons (Fsp3) is 0.318. The third-order valence-corrected chi connectivity index (χ3v) is 4.03. The Labute approximate surface area is 170 Å². The molecule has 0 N–H and O–H groups in total. The summed E-state index contributed by atoms with van der Waals surface area (Å²) in [6.45, 7) is 8.19. The van der Waals surface area contributed by atoms with E-state index < -0.39 is 0 Å². The molecule has 0 aliphatic heterocycles. The van der Waals surface area contributed by atoms with Gasteiger partial charge in [-0.15, -0.1) is 9.24 Å². The van der Waals surface area contributed by atoms with Crippen LogP contribution in [0, 0.1) is 6.92 Å². The van der Waals surface area contributed by atoms with Crippen molar-refractivity contribution in [2.24, 2.45) is 7.05 Å². The zero-order valence-corrected chi connectivity index (χ0v) is 18.6. The van der Waals surface area contributed by atoms with Gasteiger partial charge in [-0.2, -0.15) is 0 Å². The smallest absolute Gasteiger partial charge is 0.159 e. The van der Waals surface area contributed by atoms with Crippen LogP contribution in [-0.2, 0) is 13.5 Å². The van der Waals surface area contributed by atoms with E-state index in [4.69, 9.17) is 0 Å². The number of benzene rings is 1. The van der Waals surface area contributed by atoms with E-state index in [0.29, 0.717) is 0 Å². The Morgan fingerprint density at radius 1 is 1.07 bits per heavy atom. The topological polar surface area (TPSA) is 48.0 Å². The highest BCUT2D eigenvalue weighted by molar-refractivity contribution is 7.16. The highest BCUT2D eigenvalue weighted by Gasteiger charge is 2.12. The van der Waals surface area contributed by atoms with Gasteiger partial charge >= 0.3 is 0 Å². The van der Waals surface area contributed by atoms with Gasteiger partial charge in [-0.25, -0.2) is 9.97 Å². The maximum atomic E-state index is 4.59. The van der Waals surface area contributed by atoms with Crippen molar-refractivity contribution >= 4 is 14.9 Å². The molecule has 0 bridgehead atoms. The van der Waals surface area contributed by atoms with Gasteiger partial charge in [0.1, 0.15) is 0 Å². The van der Waals surface area contributed by atoms with E-state index in [2.05, 4.69) is 66.7 Å². The lowest BCUT2D eigenvalue weighted by Crippen LogP contribution is -1.99. The highest BCUT2D eigenvalue weighted by atomic mass is 31.0. The first-order valence-corrected chi connectivity index (χ1v) is 10.5. The van der Waals surface area contributed by atoms with Crippen molar-refractivity contribution in [2.45, 2.75) is 34.1 Å². The molecular weight excluding hydrogens is 365 g/mol. The van der Waals surface area contributed by atoms with Crippen molar-refractivity contribution in [1.82, 2.24) is 23.9 Å². The van der Waals surface area contributed by atoms with E-state index in [1.807, 2.05) is 50.2 Å². The summed E-state index contributed by atoms with van der Waals surface area (Å²) in [5, 5.41) is 0. The van der Waals surface area contributed by atoms with Crippen molar-refractivity contribution in [3.8, 4) is 11.4 Å². The number of hydrogen-bond acceptors (Lipinski definition) is 3. The third-order valence-electron chi connectivity index (χ3n) is 4.03. The molecule has 0 amide bonds. The Morgan fingerprint density at radius 2 is 1.82 bits per heavy atom. The van der Waals surface area contributed by atoms with Crippen LogP contribution in [0.15, 0.2) is 55.4 Å². The van der Waals surface area contributed by atoms with Gasteiger partial charge in [-0.3, -0.25) is 9.38 Å². The van der Waals surface area contributed by atoms with Gasteiger partial charge in [-0.1, -0.05) is 50.6 Å². The minimum Gasteiger partial charge on any atom is -0.332 e.